The molecule has 0 amide bonds. The fourth-order valence-corrected chi connectivity index (χ4v) is 4.83. The Bertz CT molecular complexity index is 1110. The van der Waals surface area contributed by atoms with E-state index in [0.717, 1.165) is 58.2 Å². The number of fused-ring (bicyclic) bond motifs is 2. The number of rotatable bonds is 6. The maximum absolute atomic E-state index is 13.2. The molecule has 0 aliphatic carbocycles. The van der Waals surface area contributed by atoms with Gasteiger partial charge in [-0.05, 0) is 44.6 Å². The van der Waals surface area contributed by atoms with Gasteiger partial charge in [-0.25, -0.2) is 4.79 Å². The molecule has 1 aliphatic heterocycles. The Morgan fingerprint density at radius 3 is 2.88 bits per heavy atom. The van der Waals surface area contributed by atoms with Crippen LogP contribution in [0.25, 0.3) is 22.0 Å². The zero-order chi connectivity index (χ0) is 22.7. The van der Waals surface area contributed by atoms with E-state index in [1.165, 1.54) is 0 Å². The minimum absolute atomic E-state index is 0.0820. The molecular weight excluding hydrogens is 406 g/mol. The zero-order valence-electron chi connectivity index (χ0n) is 19.3. The van der Waals surface area contributed by atoms with Crippen molar-refractivity contribution in [2.24, 2.45) is 7.05 Å². The second-order valence-electron chi connectivity index (χ2n) is 8.23. The minimum atomic E-state index is -0.296. The van der Waals surface area contributed by atoms with Crippen molar-refractivity contribution in [3.8, 4) is 11.1 Å². The number of aliphatic hydroxyl groups excluding tert-OH is 1. The molecule has 0 atom stereocenters. The summed E-state index contributed by atoms with van der Waals surface area (Å²) >= 11 is 0. The Morgan fingerprint density at radius 1 is 1.28 bits per heavy atom. The number of carbonyl (C=O) groups is 1. The average Bonchev–Trinajstić information content (AvgIpc) is 3.27. The first kappa shape index (κ1) is 22.6. The molecule has 32 heavy (non-hydrogen) atoms. The zero-order valence-corrected chi connectivity index (χ0v) is 19.3. The fourth-order valence-electron chi connectivity index (χ4n) is 4.83. The van der Waals surface area contributed by atoms with Gasteiger partial charge in [0.05, 0.1) is 30.1 Å². The lowest BCUT2D eigenvalue weighted by molar-refractivity contribution is 0.0512. The van der Waals surface area contributed by atoms with E-state index in [4.69, 9.17) is 14.6 Å². The van der Waals surface area contributed by atoms with Gasteiger partial charge in [0.2, 0.25) is 0 Å². The summed E-state index contributed by atoms with van der Waals surface area (Å²) < 4.78 is 15.6. The van der Waals surface area contributed by atoms with Crippen molar-refractivity contribution < 1.29 is 19.4 Å². The van der Waals surface area contributed by atoms with Crippen LogP contribution in [0.15, 0.2) is 18.2 Å². The van der Waals surface area contributed by atoms with E-state index in [1.54, 1.807) is 0 Å². The lowest BCUT2D eigenvalue weighted by Crippen LogP contribution is -2.15. The Labute approximate surface area is 188 Å². The third-order valence-corrected chi connectivity index (χ3v) is 6.24. The monoisotopic (exact) mass is 439 g/mol. The van der Waals surface area contributed by atoms with Crippen LogP contribution in [0.3, 0.4) is 0 Å². The standard InChI is InChI=1S/C25H33N3O4/c1-4-20-22-19-11-8-10-17-18(12-9-14-29)24(25(30)32-5-2)28(23(17)19)13-6-7-15-31-16-21(22)27(3)26-20/h8,10-11,29H,4-7,9,12-16H2,1-3H3. The normalized spacial score (nSPS) is 14.2. The molecule has 3 heterocycles. The summed E-state index contributed by atoms with van der Waals surface area (Å²) in [6.45, 7) is 6.24. The Balaban J connectivity index is 2.08. The number of hydrogen-bond acceptors (Lipinski definition) is 5. The van der Waals surface area contributed by atoms with E-state index >= 15 is 0 Å². The van der Waals surface area contributed by atoms with Gasteiger partial charge in [-0.15, -0.1) is 0 Å². The van der Waals surface area contributed by atoms with E-state index in [0.29, 0.717) is 44.9 Å². The van der Waals surface area contributed by atoms with Crippen LogP contribution in [0.1, 0.15) is 60.5 Å². The summed E-state index contributed by atoms with van der Waals surface area (Å²) in [5, 5.41) is 15.3. The maximum Gasteiger partial charge on any atom is 0.355 e. The molecule has 0 spiro atoms. The molecule has 0 unspecified atom stereocenters. The fraction of sp³-hybridized carbons (Fsp3) is 0.520. The van der Waals surface area contributed by atoms with Gasteiger partial charge in [0.15, 0.2) is 0 Å². The molecule has 0 bridgehead atoms. The SMILES string of the molecule is CCOC(=O)c1c(CCCO)c2cccc3c2n1CCCCOCc1c-3c(CC)nn1C. The summed E-state index contributed by atoms with van der Waals surface area (Å²) in [6.07, 6.45) is 3.84. The molecule has 1 aromatic carbocycles. The van der Waals surface area contributed by atoms with E-state index in [1.807, 2.05) is 18.7 Å². The van der Waals surface area contributed by atoms with Crippen LogP contribution in [0, 0.1) is 0 Å². The third-order valence-electron chi connectivity index (χ3n) is 6.24. The molecule has 0 saturated carbocycles. The van der Waals surface area contributed by atoms with Crippen molar-refractivity contribution in [3.63, 3.8) is 0 Å². The van der Waals surface area contributed by atoms with Crippen LogP contribution >= 0.6 is 0 Å². The van der Waals surface area contributed by atoms with Crippen LogP contribution in [0.5, 0.6) is 0 Å². The number of ether oxygens (including phenoxy) is 2. The molecule has 1 aliphatic rings. The molecule has 4 rings (SSSR count). The topological polar surface area (TPSA) is 78.5 Å². The smallest absolute Gasteiger partial charge is 0.355 e. The van der Waals surface area contributed by atoms with Gasteiger partial charge in [-0.1, -0.05) is 25.1 Å². The Kier molecular flexibility index (Phi) is 6.96. The number of para-hydroxylation sites is 1. The number of aryl methyl sites for hydroxylation is 4. The van der Waals surface area contributed by atoms with E-state index in [2.05, 4.69) is 29.7 Å². The molecular formula is C25H33N3O4. The Hall–Kier alpha value is -2.64. The third kappa shape index (κ3) is 3.95. The van der Waals surface area contributed by atoms with Gasteiger partial charge in [0, 0.05) is 43.3 Å². The number of hydrogen-bond donors (Lipinski definition) is 1. The van der Waals surface area contributed by atoms with Crippen LogP contribution < -0.4 is 0 Å². The molecule has 172 valence electrons. The molecule has 0 saturated heterocycles. The van der Waals surface area contributed by atoms with Crippen molar-refractivity contribution >= 4 is 16.9 Å². The number of nitrogens with zero attached hydrogens (tertiary/aromatic N) is 3. The number of aliphatic hydroxyl groups is 1. The predicted molar refractivity (Wildman–Crippen MR) is 124 cm³/mol. The molecule has 3 aromatic rings. The summed E-state index contributed by atoms with van der Waals surface area (Å²) in [5.74, 6) is -0.296. The highest BCUT2D eigenvalue weighted by molar-refractivity contribution is 6.04. The maximum atomic E-state index is 13.2. The Morgan fingerprint density at radius 2 is 2.12 bits per heavy atom. The van der Waals surface area contributed by atoms with E-state index < -0.39 is 0 Å². The summed E-state index contributed by atoms with van der Waals surface area (Å²) in [4.78, 5) is 13.2. The van der Waals surface area contributed by atoms with Gasteiger partial charge in [-0.2, -0.15) is 5.10 Å². The van der Waals surface area contributed by atoms with Gasteiger partial charge in [0.1, 0.15) is 5.69 Å². The van der Waals surface area contributed by atoms with Crippen molar-refractivity contribution in [3.05, 3.63) is 40.8 Å². The van der Waals surface area contributed by atoms with Gasteiger partial charge in [-0.3, -0.25) is 4.68 Å². The van der Waals surface area contributed by atoms with Gasteiger partial charge >= 0.3 is 5.97 Å². The lowest BCUT2D eigenvalue weighted by Gasteiger charge is -2.13. The summed E-state index contributed by atoms with van der Waals surface area (Å²) in [6, 6.07) is 6.26. The summed E-state index contributed by atoms with van der Waals surface area (Å²) in [7, 11) is 1.97. The first-order chi connectivity index (χ1) is 15.6. The molecule has 1 N–H and O–H groups in total. The molecule has 0 fully saturated rings. The van der Waals surface area contributed by atoms with Crippen molar-refractivity contribution in [1.82, 2.24) is 14.3 Å². The largest absolute Gasteiger partial charge is 0.461 e. The van der Waals surface area contributed by atoms with Crippen molar-refractivity contribution in [1.29, 1.82) is 0 Å². The number of esters is 1. The quantitative estimate of drug-likeness (QED) is 0.587. The van der Waals surface area contributed by atoms with Gasteiger partial charge in [0.25, 0.3) is 0 Å². The highest BCUT2D eigenvalue weighted by Gasteiger charge is 2.28. The van der Waals surface area contributed by atoms with Crippen LogP contribution in [0.4, 0.5) is 0 Å². The second kappa shape index (κ2) is 9.88. The molecule has 7 nitrogen and oxygen atoms in total. The van der Waals surface area contributed by atoms with Crippen LogP contribution in [-0.2, 0) is 42.5 Å². The number of aromatic nitrogens is 3. The lowest BCUT2D eigenvalue weighted by atomic mass is 9.97. The van der Waals surface area contributed by atoms with Crippen molar-refractivity contribution in [2.75, 3.05) is 19.8 Å². The highest BCUT2D eigenvalue weighted by Crippen LogP contribution is 2.39. The van der Waals surface area contributed by atoms with Gasteiger partial charge < -0.3 is 19.1 Å². The second-order valence-corrected chi connectivity index (χ2v) is 8.23. The molecule has 7 heteroatoms. The average molecular weight is 440 g/mol. The number of carbonyl (C=O) groups excluding carboxylic acids is 1. The minimum Gasteiger partial charge on any atom is -0.461 e. The highest BCUT2D eigenvalue weighted by atomic mass is 16.5. The molecule has 0 radical (unpaired) electrons. The van der Waals surface area contributed by atoms with E-state index in [-0.39, 0.29) is 12.6 Å². The van der Waals surface area contributed by atoms with Crippen LogP contribution in [-0.4, -0.2) is 45.2 Å². The number of benzene rings is 1. The van der Waals surface area contributed by atoms with E-state index in [9.17, 15) is 9.90 Å². The first-order valence-corrected chi connectivity index (χ1v) is 11.7. The first-order valence-electron chi connectivity index (χ1n) is 11.7. The van der Waals surface area contributed by atoms with Crippen LogP contribution in [0.2, 0.25) is 0 Å². The predicted octanol–water partition coefficient (Wildman–Crippen LogP) is 4.02. The summed E-state index contributed by atoms with van der Waals surface area (Å²) in [5.41, 5.74) is 6.89. The van der Waals surface area contributed by atoms with Crippen molar-refractivity contribution in [2.45, 2.75) is 59.1 Å². The molecule has 2 aromatic heterocycles.